The minimum Gasteiger partial charge on any atom is -0.298 e. The first-order valence-electron chi connectivity index (χ1n) is 7.90. The number of piperidine rings is 1. The molecule has 2 nitrogen and oxygen atoms in total. The second-order valence-electron chi connectivity index (χ2n) is 6.04. The van der Waals surface area contributed by atoms with Crippen molar-refractivity contribution in [2.45, 2.75) is 45.2 Å². The van der Waals surface area contributed by atoms with Crippen LogP contribution in [0.25, 0.3) is 0 Å². The van der Waals surface area contributed by atoms with Crippen LogP contribution in [-0.4, -0.2) is 42.0 Å². The molecule has 2 saturated heterocycles. The molecule has 1 aromatic carbocycles. The number of hydrogen-bond acceptors (Lipinski definition) is 2. The van der Waals surface area contributed by atoms with Crippen molar-refractivity contribution in [3.8, 4) is 0 Å². The topological polar surface area (TPSA) is 6.48 Å². The van der Waals surface area contributed by atoms with Gasteiger partial charge in [-0.05, 0) is 36.9 Å². The van der Waals surface area contributed by atoms with Crippen molar-refractivity contribution in [3.05, 3.63) is 35.4 Å². The summed E-state index contributed by atoms with van der Waals surface area (Å²) in [6.07, 6.45) is 5.40. The van der Waals surface area contributed by atoms with E-state index in [1.807, 2.05) is 0 Å². The fraction of sp³-hybridized carbons (Fsp3) is 0.647. The van der Waals surface area contributed by atoms with Gasteiger partial charge in [0.05, 0.1) is 0 Å². The Morgan fingerprint density at radius 3 is 2.74 bits per heavy atom. The third-order valence-electron chi connectivity index (χ3n) is 4.81. The van der Waals surface area contributed by atoms with Gasteiger partial charge in [-0.25, -0.2) is 0 Å². The summed E-state index contributed by atoms with van der Waals surface area (Å²) < 4.78 is 0. The van der Waals surface area contributed by atoms with Gasteiger partial charge in [-0.1, -0.05) is 37.6 Å². The number of aryl methyl sites for hydroxylation is 1. The van der Waals surface area contributed by atoms with Crippen LogP contribution in [0.15, 0.2) is 24.3 Å². The van der Waals surface area contributed by atoms with Gasteiger partial charge in [0.15, 0.2) is 0 Å². The van der Waals surface area contributed by atoms with Gasteiger partial charge in [-0.2, -0.15) is 0 Å². The summed E-state index contributed by atoms with van der Waals surface area (Å²) in [7, 11) is 0. The molecule has 2 aliphatic rings. The monoisotopic (exact) mass is 258 g/mol. The van der Waals surface area contributed by atoms with E-state index in [1.54, 1.807) is 0 Å². The molecule has 2 aliphatic heterocycles. The lowest BCUT2D eigenvalue weighted by Crippen LogP contribution is -2.54. The molecular formula is C17H26N2. The van der Waals surface area contributed by atoms with Gasteiger partial charge < -0.3 is 0 Å². The molecule has 0 spiro atoms. The van der Waals surface area contributed by atoms with Gasteiger partial charge in [0.1, 0.15) is 0 Å². The first kappa shape index (κ1) is 13.1. The number of rotatable bonds is 3. The average molecular weight is 258 g/mol. The van der Waals surface area contributed by atoms with Crippen LogP contribution < -0.4 is 0 Å². The Bertz CT molecular complexity index is 415. The van der Waals surface area contributed by atoms with Crippen LogP contribution in [0, 0.1) is 0 Å². The molecule has 0 radical (unpaired) electrons. The smallest absolute Gasteiger partial charge is 0.0237 e. The Balaban J connectivity index is 1.64. The molecule has 0 N–H and O–H groups in total. The highest BCUT2D eigenvalue weighted by Gasteiger charge is 2.28. The zero-order chi connectivity index (χ0) is 13.1. The molecule has 1 unspecified atom stereocenters. The third kappa shape index (κ3) is 3.01. The molecule has 19 heavy (non-hydrogen) atoms. The van der Waals surface area contributed by atoms with E-state index in [0.29, 0.717) is 0 Å². The molecule has 0 amide bonds. The maximum Gasteiger partial charge on any atom is 0.0237 e. The van der Waals surface area contributed by atoms with Gasteiger partial charge in [-0.3, -0.25) is 9.80 Å². The van der Waals surface area contributed by atoms with Crippen LogP contribution in [0.1, 0.15) is 37.3 Å². The van der Waals surface area contributed by atoms with Gasteiger partial charge in [0.2, 0.25) is 0 Å². The number of fused-ring (bicyclic) bond motifs is 1. The molecule has 0 saturated carbocycles. The normalized spacial score (nSPS) is 25.2. The maximum atomic E-state index is 2.71. The predicted molar refractivity (Wildman–Crippen MR) is 80.3 cm³/mol. The maximum absolute atomic E-state index is 2.71. The number of piperazine rings is 1. The Hall–Kier alpha value is -0.860. The molecular weight excluding hydrogens is 232 g/mol. The van der Waals surface area contributed by atoms with Crippen molar-refractivity contribution in [1.29, 1.82) is 0 Å². The lowest BCUT2D eigenvalue weighted by atomic mass is 9.98. The van der Waals surface area contributed by atoms with Crippen LogP contribution in [0.5, 0.6) is 0 Å². The zero-order valence-electron chi connectivity index (χ0n) is 12.1. The van der Waals surface area contributed by atoms with E-state index < -0.39 is 0 Å². The van der Waals surface area contributed by atoms with Crippen molar-refractivity contribution in [1.82, 2.24) is 9.80 Å². The van der Waals surface area contributed by atoms with E-state index in [2.05, 4.69) is 41.0 Å². The Morgan fingerprint density at radius 2 is 1.89 bits per heavy atom. The van der Waals surface area contributed by atoms with E-state index in [0.717, 1.165) is 19.0 Å². The summed E-state index contributed by atoms with van der Waals surface area (Å²) in [4.78, 5) is 5.38. The van der Waals surface area contributed by atoms with E-state index in [-0.39, 0.29) is 0 Å². The molecule has 0 bridgehead atoms. The molecule has 0 aliphatic carbocycles. The average Bonchev–Trinajstić information content (AvgIpc) is 2.48. The standard InChI is InChI=1S/C17H26N2/c1-2-15-7-3-4-8-16(15)13-18-11-12-19-10-6-5-9-17(19)14-18/h3-4,7-8,17H,2,5-6,9-14H2,1H3. The molecule has 1 aromatic rings. The van der Waals surface area contributed by atoms with Gasteiger partial charge in [0, 0.05) is 32.2 Å². The summed E-state index contributed by atoms with van der Waals surface area (Å²) >= 11 is 0. The van der Waals surface area contributed by atoms with Crippen LogP contribution in [-0.2, 0) is 13.0 Å². The lowest BCUT2D eigenvalue weighted by molar-refractivity contribution is 0.0456. The quantitative estimate of drug-likeness (QED) is 0.822. The summed E-state index contributed by atoms with van der Waals surface area (Å²) in [5, 5.41) is 0. The molecule has 3 rings (SSSR count). The molecule has 2 heteroatoms. The molecule has 0 aromatic heterocycles. The summed E-state index contributed by atoms with van der Waals surface area (Å²) in [5.41, 5.74) is 3.06. The highest BCUT2D eigenvalue weighted by molar-refractivity contribution is 5.27. The summed E-state index contributed by atoms with van der Waals surface area (Å²) in [6, 6.07) is 9.78. The summed E-state index contributed by atoms with van der Waals surface area (Å²) in [6.45, 7) is 8.54. The van der Waals surface area contributed by atoms with Crippen molar-refractivity contribution in [2.75, 3.05) is 26.2 Å². The second-order valence-corrected chi connectivity index (χ2v) is 6.04. The van der Waals surface area contributed by atoms with Gasteiger partial charge >= 0.3 is 0 Å². The molecule has 2 heterocycles. The van der Waals surface area contributed by atoms with E-state index in [9.17, 15) is 0 Å². The largest absolute Gasteiger partial charge is 0.298 e. The fourth-order valence-corrected chi connectivity index (χ4v) is 3.66. The highest BCUT2D eigenvalue weighted by atomic mass is 15.3. The first-order chi connectivity index (χ1) is 9.36. The molecule has 2 fully saturated rings. The molecule has 1 atom stereocenters. The number of hydrogen-bond donors (Lipinski definition) is 0. The Morgan fingerprint density at radius 1 is 1.05 bits per heavy atom. The third-order valence-corrected chi connectivity index (χ3v) is 4.81. The van der Waals surface area contributed by atoms with Crippen LogP contribution in [0.2, 0.25) is 0 Å². The lowest BCUT2D eigenvalue weighted by Gasteiger charge is -2.44. The van der Waals surface area contributed by atoms with E-state index in [4.69, 9.17) is 0 Å². The van der Waals surface area contributed by atoms with Crippen LogP contribution >= 0.6 is 0 Å². The van der Waals surface area contributed by atoms with Crippen molar-refractivity contribution >= 4 is 0 Å². The van der Waals surface area contributed by atoms with E-state index >= 15 is 0 Å². The van der Waals surface area contributed by atoms with Gasteiger partial charge in [0.25, 0.3) is 0 Å². The second kappa shape index (κ2) is 6.06. The Labute approximate surface area is 117 Å². The minimum absolute atomic E-state index is 0.830. The van der Waals surface area contributed by atoms with E-state index in [1.165, 1.54) is 56.6 Å². The summed E-state index contributed by atoms with van der Waals surface area (Å²) in [5.74, 6) is 0. The van der Waals surface area contributed by atoms with Crippen LogP contribution in [0.3, 0.4) is 0 Å². The van der Waals surface area contributed by atoms with Gasteiger partial charge in [-0.15, -0.1) is 0 Å². The zero-order valence-corrected chi connectivity index (χ0v) is 12.1. The fourth-order valence-electron chi connectivity index (χ4n) is 3.66. The first-order valence-corrected chi connectivity index (χ1v) is 7.90. The minimum atomic E-state index is 0.830. The highest BCUT2D eigenvalue weighted by Crippen LogP contribution is 2.22. The number of nitrogens with zero attached hydrogens (tertiary/aromatic N) is 2. The van der Waals surface area contributed by atoms with Crippen molar-refractivity contribution in [2.24, 2.45) is 0 Å². The number of benzene rings is 1. The molecule has 104 valence electrons. The van der Waals surface area contributed by atoms with Crippen LogP contribution in [0.4, 0.5) is 0 Å². The predicted octanol–water partition coefficient (Wildman–Crippen LogP) is 2.92. The van der Waals surface area contributed by atoms with Crippen molar-refractivity contribution < 1.29 is 0 Å². The van der Waals surface area contributed by atoms with Crippen molar-refractivity contribution in [3.63, 3.8) is 0 Å². The Kier molecular flexibility index (Phi) is 4.19. The SMILES string of the molecule is CCc1ccccc1CN1CCN2CCCCC2C1.